The van der Waals surface area contributed by atoms with Crippen LogP contribution in [0, 0.1) is 11.3 Å². The van der Waals surface area contributed by atoms with E-state index in [9.17, 15) is 14.3 Å². The van der Waals surface area contributed by atoms with Crippen LogP contribution in [0.5, 0.6) is 0 Å². The van der Waals surface area contributed by atoms with Crippen molar-refractivity contribution >= 4 is 33.0 Å². The highest BCUT2D eigenvalue weighted by atomic mass is 32.2. The number of carbonyl (C=O) groups excluding carboxylic acids is 1. The van der Waals surface area contributed by atoms with Crippen molar-refractivity contribution in [2.24, 2.45) is 9.50 Å². The molecule has 0 fully saturated rings. The molecule has 0 spiro atoms. The minimum atomic E-state index is -3.39. The van der Waals surface area contributed by atoms with Crippen molar-refractivity contribution < 1.29 is 9.00 Å². The molecule has 2 aliphatic carbocycles. The normalized spacial score (nSPS) is 17.0. The van der Waals surface area contributed by atoms with Gasteiger partial charge in [-0.05, 0) is 60.8 Å². The third-order valence-corrected chi connectivity index (χ3v) is 8.92. The predicted molar refractivity (Wildman–Crippen MR) is 118 cm³/mol. The van der Waals surface area contributed by atoms with Crippen molar-refractivity contribution in [1.82, 2.24) is 4.98 Å². The quantitative estimate of drug-likeness (QED) is 0.721. The number of nitriles is 1. The van der Waals surface area contributed by atoms with Crippen molar-refractivity contribution in [3.63, 3.8) is 0 Å². The third kappa shape index (κ3) is 3.64. The van der Waals surface area contributed by atoms with Crippen LogP contribution in [-0.4, -0.2) is 15.2 Å². The Bertz CT molecular complexity index is 1170. The number of urea groups is 1. The fourth-order valence-electron chi connectivity index (χ4n) is 4.28. The molecular weight excluding hydrogens is 418 g/mol. The lowest BCUT2D eigenvalue weighted by Crippen LogP contribution is -2.18. The van der Waals surface area contributed by atoms with Crippen LogP contribution in [0.15, 0.2) is 14.8 Å². The van der Waals surface area contributed by atoms with Gasteiger partial charge in [0.05, 0.1) is 22.8 Å². The summed E-state index contributed by atoms with van der Waals surface area (Å²) in [6, 6.07) is 1.65. The largest absolute Gasteiger partial charge is 0.354 e. The number of anilines is 1. The highest BCUT2D eigenvalue weighted by Gasteiger charge is 2.30. The van der Waals surface area contributed by atoms with Crippen molar-refractivity contribution in [2.45, 2.75) is 68.9 Å². The average molecular weight is 444 g/mol. The van der Waals surface area contributed by atoms with E-state index in [1.54, 1.807) is 0 Å². The summed E-state index contributed by atoms with van der Waals surface area (Å²) in [6.45, 7) is 6.01. The third-order valence-electron chi connectivity index (χ3n) is 5.62. The van der Waals surface area contributed by atoms with Crippen LogP contribution >= 0.6 is 11.3 Å². The zero-order valence-electron chi connectivity index (χ0n) is 17.4. The molecule has 1 heterocycles. The smallest absolute Gasteiger partial charge is 0.305 e. The molecule has 158 valence electrons. The Labute approximate surface area is 181 Å². The highest BCUT2D eigenvalue weighted by Crippen LogP contribution is 2.41. The minimum Gasteiger partial charge on any atom is -0.305 e. The molecule has 0 radical (unpaired) electrons. The van der Waals surface area contributed by atoms with Gasteiger partial charge in [0.25, 0.3) is 0 Å². The fourth-order valence-corrected chi connectivity index (χ4v) is 6.40. The van der Waals surface area contributed by atoms with E-state index in [-0.39, 0.29) is 9.62 Å². The van der Waals surface area contributed by atoms with Gasteiger partial charge in [0.15, 0.2) is 9.92 Å². The molecule has 9 heteroatoms. The Balaban J connectivity index is 1.69. The summed E-state index contributed by atoms with van der Waals surface area (Å²) in [5, 5.41) is 19.3. The summed E-state index contributed by atoms with van der Waals surface area (Å²) in [5.74, 6) is 0. The summed E-state index contributed by atoms with van der Waals surface area (Å²) >= 11 is 1.22. The van der Waals surface area contributed by atoms with Gasteiger partial charge in [-0.3, -0.25) is 0 Å². The van der Waals surface area contributed by atoms with Crippen molar-refractivity contribution in [1.29, 1.82) is 5.26 Å². The van der Waals surface area contributed by atoms with Gasteiger partial charge in [-0.1, -0.05) is 20.8 Å². The molecule has 1 atom stereocenters. The fraction of sp³-hybridized carbons (Fsp3) is 0.476. The number of rotatable bonds is 2. The number of nitrogens with one attached hydrogen (secondary N) is 1. The molecule has 1 aromatic carbocycles. The van der Waals surface area contributed by atoms with Crippen molar-refractivity contribution in [3.8, 4) is 6.07 Å². The lowest BCUT2D eigenvalue weighted by molar-refractivity contribution is 0.260. The summed E-state index contributed by atoms with van der Waals surface area (Å²) < 4.78 is 17.1. The number of nitrogens with two attached hydrogens (primary N) is 1. The van der Waals surface area contributed by atoms with Crippen LogP contribution in [0.25, 0.3) is 0 Å². The summed E-state index contributed by atoms with van der Waals surface area (Å²) in [5.41, 5.74) is 5.45. The molecule has 3 N–H and O–H groups in total. The summed E-state index contributed by atoms with van der Waals surface area (Å²) in [4.78, 5) is 17.0. The number of benzene rings is 1. The maximum atomic E-state index is 13.0. The number of aromatic nitrogens is 1. The highest BCUT2D eigenvalue weighted by molar-refractivity contribution is 7.93. The van der Waals surface area contributed by atoms with Crippen molar-refractivity contribution in [3.05, 3.63) is 39.0 Å². The molecule has 0 saturated heterocycles. The summed E-state index contributed by atoms with van der Waals surface area (Å²) in [7, 11) is -3.39. The van der Waals surface area contributed by atoms with E-state index in [2.05, 4.69) is 20.7 Å². The Hall–Kier alpha value is -2.28. The molecule has 0 aliphatic heterocycles. The molecule has 0 unspecified atom stereocenters. The minimum absolute atomic E-state index is 0.204. The van der Waals surface area contributed by atoms with E-state index in [1.807, 2.05) is 20.8 Å². The number of amides is 2. The SMILES string of the molecule is CC(C)(C)c1ncc([S@](N)(=O)=NC(=O)Nc2c3c(c(C#N)c4c2CCC4)CCC3)s1. The molecule has 0 saturated carbocycles. The first kappa shape index (κ1) is 21.0. The van der Waals surface area contributed by atoms with Gasteiger partial charge in [0.2, 0.25) is 0 Å². The van der Waals surface area contributed by atoms with Crippen LogP contribution < -0.4 is 10.5 Å². The first-order chi connectivity index (χ1) is 14.1. The van der Waals surface area contributed by atoms with Gasteiger partial charge >= 0.3 is 6.03 Å². The number of thiazole rings is 1. The monoisotopic (exact) mass is 443 g/mol. The van der Waals surface area contributed by atoms with Gasteiger partial charge in [-0.15, -0.1) is 15.7 Å². The van der Waals surface area contributed by atoms with Gasteiger partial charge < -0.3 is 5.32 Å². The van der Waals surface area contributed by atoms with E-state index < -0.39 is 15.9 Å². The maximum absolute atomic E-state index is 13.0. The number of hydrogen-bond donors (Lipinski definition) is 2. The molecule has 2 aromatic rings. The zero-order chi connectivity index (χ0) is 21.7. The van der Waals surface area contributed by atoms with Crippen LogP contribution in [0.2, 0.25) is 0 Å². The first-order valence-electron chi connectivity index (χ1n) is 10.0. The van der Waals surface area contributed by atoms with Gasteiger partial charge in [-0.2, -0.15) is 5.26 Å². The molecule has 1 aromatic heterocycles. The molecule has 7 nitrogen and oxygen atoms in total. The maximum Gasteiger partial charge on any atom is 0.354 e. The average Bonchev–Trinajstić information content (AvgIpc) is 3.40. The Morgan fingerprint density at radius 3 is 2.27 bits per heavy atom. The lowest BCUT2D eigenvalue weighted by Gasteiger charge is -2.17. The molecule has 2 amide bonds. The summed E-state index contributed by atoms with van der Waals surface area (Å²) in [6.07, 6.45) is 6.67. The molecule has 4 rings (SSSR count). The number of nitrogens with zero attached hydrogens (tertiary/aromatic N) is 3. The number of fused-ring (bicyclic) bond motifs is 2. The Kier molecular flexibility index (Phi) is 5.21. The van der Waals surface area contributed by atoms with E-state index >= 15 is 0 Å². The second kappa shape index (κ2) is 7.45. The zero-order valence-corrected chi connectivity index (χ0v) is 19.0. The number of carbonyl (C=O) groups is 1. The Morgan fingerprint density at radius 2 is 1.77 bits per heavy atom. The number of hydrogen-bond acceptors (Lipinski definition) is 5. The van der Waals surface area contributed by atoms with Gasteiger partial charge in [0, 0.05) is 11.1 Å². The Morgan fingerprint density at radius 1 is 1.20 bits per heavy atom. The van der Waals surface area contributed by atoms with E-state index in [1.165, 1.54) is 17.5 Å². The molecule has 2 aliphatic rings. The van der Waals surface area contributed by atoms with Crippen LogP contribution in [-0.2, 0) is 41.0 Å². The van der Waals surface area contributed by atoms with E-state index in [4.69, 9.17) is 5.14 Å². The van der Waals surface area contributed by atoms with Crippen molar-refractivity contribution in [2.75, 3.05) is 5.32 Å². The first-order valence-corrected chi connectivity index (χ1v) is 12.4. The van der Waals surface area contributed by atoms with Crippen LogP contribution in [0.3, 0.4) is 0 Å². The molecule has 0 bridgehead atoms. The predicted octanol–water partition coefficient (Wildman–Crippen LogP) is 4.22. The van der Waals surface area contributed by atoms with E-state index in [0.29, 0.717) is 0 Å². The molecular formula is C21H25N5O2S2. The van der Waals surface area contributed by atoms with Crippen LogP contribution in [0.4, 0.5) is 10.5 Å². The second-order valence-corrected chi connectivity index (χ2v) is 11.9. The van der Waals surface area contributed by atoms with E-state index in [0.717, 1.165) is 77.0 Å². The lowest BCUT2D eigenvalue weighted by atomic mass is 9.93. The van der Waals surface area contributed by atoms with Gasteiger partial charge in [-0.25, -0.2) is 19.1 Å². The van der Waals surface area contributed by atoms with Gasteiger partial charge in [0.1, 0.15) is 4.21 Å². The molecule has 30 heavy (non-hydrogen) atoms. The second-order valence-electron chi connectivity index (χ2n) is 8.81. The van der Waals surface area contributed by atoms with Crippen LogP contribution in [0.1, 0.15) is 66.4 Å². The standard InChI is InChI=1S/C21H25N5O2S2/c1-21(2,3)19-24-11-17(29-19)30(23,28)26-20(27)25-18-14-8-4-6-12(14)16(10-22)13-7-5-9-15(13)18/h11H,4-9H2,1-3H3,(H3,23,25,26,27,28)/t30-/m1/s1. The topological polar surface area (TPSA) is 121 Å².